The van der Waals surface area contributed by atoms with Gasteiger partial charge in [-0.15, -0.1) is 0 Å². The van der Waals surface area contributed by atoms with Crippen LogP contribution in [0.3, 0.4) is 0 Å². The van der Waals surface area contributed by atoms with E-state index in [4.69, 9.17) is 15.2 Å². The third-order valence-corrected chi connectivity index (χ3v) is 4.26. The molecule has 128 valence electrons. The summed E-state index contributed by atoms with van der Waals surface area (Å²) in [5, 5.41) is 0. The van der Waals surface area contributed by atoms with E-state index in [1.807, 2.05) is 25.7 Å². The Balaban J connectivity index is 2.15. The molecule has 1 amide bonds. The summed E-state index contributed by atoms with van der Waals surface area (Å²) in [5.74, 6) is 1.65. The number of nitrogens with zero attached hydrogens (tertiary/aromatic N) is 1. The van der Waals surface area contributed by atoms with Crippen LogP contribution in [0.5, 0.6) is 11.5 Å². The van der Waals surface area contributed by atoms with Gasteiger partial charge in [-0.3, -0.25) is 4.79 Å². The molecule has 0 bridgehead atoms. The lowest BCUT2D eigenvalue weighted by Crippen LogP contribution is -2.45. The molecule has 5 nitrogen and oxygen atoms in total. The zero-order valence-electron chi connectivity index (χ0n) is 14.5. The largest absolute Gasteiger partial charge is 0.493 e. The number of amides is 1. The number of hydrogen-bond donors (Lipinski definition) is 1. The van der Waals surface area contributed by atoms with Crippen molar-refractivity contribution in [2.75, 3.05) is 20.2 Å². The number of carbonyl (C=O) groups excluding carboxylic acids is 1. The van der Waals surface area contributed by atoms with Crippen LogP contribution in [0.1, 0.15) is 44.0 Å². The number of methoxy groups -OCH3 is 1. The highest BCUT2D eigenvalue weighted by Crippen LogP contribution is 2.30. The van der Waals surface area contributed by atoms with Crippen LogP contribution < -0.4 is 15.2 Å². The Hall–Kier alpha value is -1.75. The molecule has 1 aromatic carbocycles. The van der Waals surface area contributed by atoms with E-state index in [9.17, 15) is 4.79 Å². The van der Waals surface area contributed by atoms with Crippen LogP contribution in [0.25, 0.3) is 0 Å². The normalized spacial score (nSPS) is 19.6. The highest BCUT2D eigenvalue weighted by molar-refractivity contribution is 5.95. The van der Waals surface area contributed by atoms with Crippen LogP contribution in [-0.4, -0.2) is 43.2 Å². The van der Waals surface area contributed by atoms with Gasteiger partial charge in [0.05, 0.1) is 13.2 Å². The first-order valence-corrected chi connectivity index (χ1v) is 8.32. The zero-order chi connectivity index (χ0) is 17.0. The van der Waals surface area contributed by atoms with E-state index < -0.39 is 0 Å². The molecule has 1 aromatic rings. The number of piperidine rings is 1. The van der Waals surface area contributed by atoms with Gasteiger partial charge in [0.15, 0.2) is 11.5 Å². The van der Waals surface area contributed by atoms with Gasteiger partial charge in [-0.25, -0.2) is 0 Å². The summed E-state index contributed by atoms with van der Waals surface area (Å²) in [7, 11) is 1.59. The summed E-state index contributed by atoms with van der Waals surface area (Å²) in [4.78, 5) is 14.7. The third-order valence-electron chi connectivity index (χ3n) is 4.26. The second kappa shape index (κ2) is 7.68. The average molecular weight is 320 g/mol. The molecule has 1 aliphatic heterocycles. The van der Waals surface area contributed by atoms with E-state index in [0.29, 0.717) is 23.0 Å². The lowest BCUT2D eigenvalue weighted by Gasteiger charge is -2.34. The number of carbonyl (C=O) groups is 1. The molecule has 0 unspecified atom stereocenters. The van der Waals surface area contributed by atoms with E-state index in [-0.39, 0.29) is 18.1 Å². The Morgan fingerprint density at radius 2 is 2.04 bits per heavy atom. The minimum absolute atomic E-state index is 0.0322. The molecule has 1 aliphatic rings. The maximum atomic E-state index is 12.8. The minimum atomic E-state index is 0.0322. The van der Waals surface area contributed by atoms with Crippen molar-refractivity contribution in [2.45, 2.75) is 45.8 Å². The summed E-state index contributed by atoms with van der Waals surface area (Å²) >= 11 is 0. The van der Waals surface area contributed by atoms with Gasteiger partial charge < -0.3 is 20.1 Å². The van der Waals surface area contributed by atoms with Crippen molar-refractivity contribution in [3.8, 4) is 11.5 Å². The van der Waals surface area contributed by atoms with Crippen molar-refractivity contribution in [3.05, 3.63) is 23.8 Å². The molecule has 1 fully saturated rings. The number of benzene rings is 1. The van der Waals surface area contributed by atoms with Crippen molar-refractivity contribution in [1.29, 1.82) is 0 Å². The Bertz CT molecular complexity index is 543. The Morgan fingerprint density at radius 1 is 1.30 bits per heavy atom. The monoisotopic (exact) mass is 320 g/mol. The van der Waals surface area contributed by atoms with E-state index in [1.54, 1.807) is 25.3 Å². The predicted molar refractivity (Wildman–Crippen MR) is 91.0 cm³/mol. The molecule has 23 heavy (non-hydrogen) atoms. The minimum Gasteiger partial charge on any atom is -0.493 e. The number of likely N-dealkylation sites (tertiary alicyclic amines) is 1. The molecule has 1 saturated heterocycles. The maximum Gasteiger partial charge on any atom is 0.254 e. The van der Waals surface area contributed by atoms with Gasteiger partial charge >= 0.3 is 0 Å². The van der Waals surface area contributed by atoms with Crippen molar-refractivity contribution < 1.29 is 14.3 Å². The lowest BCUT2D eigenvalue weighted by molar-refractivity contribution is 0.0660. The predicted octanol–water partition coefficient (Wildman–Crippen LogP) is 2.68. The number of nitrogens with two attached hydrogens (primary N) is 1. The first-order valence-electron chi connectivity index (χ1n) is 8.32. The summed E-state index contributed by atoms with van der Waals surface area (Å²) in [5.41, 5.74) is 6.63. The quantitative estimate of drug-likeness (QED) is 0.906. The molecule has 2 atom stereocenters. The van der Waals surface area contributed by atoms with E-state index in [1.165, 1.54) is 0 Å². The molecular weight excluding hydrogens is 292 g/mol. The molecule has 5 heteroatoms. The molecule has 0 saturated carbocycles. The highest BCUT2D eigenvalue weighted by atomic mass is 16.5. The topological polar surface area (TPSA) is 64.8 Å². The SMILES string of the molecule is COc1cc(C(=O)N2CCC[C@@H]([C@@H](C)N)C2)ccc1OC(C)C. The van der Waals surface area contributed by atoms with Crippen LogP contribution in [0, 0.1) is 5.92 Å². The van der Waals surface area contributed by atoms with E-state index in [2.05, 4.69) is 0 Å². The lowest BCUT2D eigenvalue weighted by atomic mass is 9.92. The third kappa shape index (κ3) is 4.38. The van der Waals surface area contributed by atoms with Crippen LogP contribution in [0.2, 0.25) is 0 Å². The highest BCUT2D eigenvalue weighted by Gasteiger charge is 2.27. The molecule has 2 rings (SSSR count). The van der Waals surface area contributed by atoms with Gasteiger partial charge in [-0.2, -0.15) is 0 Å². The molecule has 0 aliphatic carbocycles. The summed E-state index contributed by atoms with van der Waals surface area (Å²) in [6.45, 7) is 7.44. The van der Waals surface area contributed by atoms with Crippen molar-refractivity contribution in [2.24, 2.45) is 11.7 Å². The van der Waals surface area contributed by atoms with Gasteiger partial charge in [-0.1, -0.05) is 0 Å². The van der Waals surface area contributed by atoms with Crippen LogP contribution >= 0.6 is 0 Å². The van der Waals surface area contributed by atoms with Gasteiger partial charge in [0.2, 0.25) is 0 Å². The van der Waals surface area contributed by atoms with Crippen molar-refractivity contribution in [1.82, 2.24) is 4.90 Å². The second-order valence-electron chi connectivity index (χ2n) is 6.54. The molecule has 0 spiro atoms. The Kier molecular flexibility index (Phi) is 5.88. The van der Waals surface area contributed by atoms with Gasteiger partial charge in [-0.05, 0) is 57.7 Å². The fourth-order valence-corrected chi connectivity index (χ4v) is 2.96. The molecule has 0 aromatic heterocycles. The van der Waals surface area contributed by atoms with Gasteiger partial charge in [0, 0.05) is 24.7 Å². The molecule has 1 heterocycles. The average Bonchev–Trinajstić information content (AvgIpc) is 2.54. The summed E-state index contributed by atoms with van der Waals surface area (Å²) < 4.78 is 11.1. The van der Waals surface area contributed by atoms with Crippen molar-refractivity contribution >= 4 is 5.91 Å². The fraction of sp³-hybridized carbons (Fsp3) is 0.611. The molecule has 2 N–H and O–H groups in total. The first kappa shape index (κ1) is 17.6. The summed E-state index contributed by atoms with van der Waals surface area (Å²) in [6.07, 6.45) is 2.15. The Morgan fingerprint density at radius 3 is 2.65 bits per heavy atom. The van der Waals surface area contributed by atoms with Crippen molar-refractivity contribution in [3.63, 3.8) is 0 Å². The molecular formula is C18H28N2O3. The zero-order valence-corrected chi connectivity index (χ0v) is 14.5. The maximum absolute atomic E-state index is 12.8. The second-order valence-corrected chi connectivity index (χ2v) is 6.54. The first-order chi connectivity index (χ1) is 10.9. The number of hydrogen-bond acceptors (Lipinski definition) is 4. The summed E-state index contributed by atoms with van der Waals surface area (Å²) in [6, 6.07) is 5.48. The van der Waals surface area contributed by atoms with Crippen LogP contribution in [0.15, 0.2) is 18.2 Å². The van der Waals surface area contributed by atoms with E-state index >= 15 is 0 Å². The Labute approximate surface area is 138 Å². The molecule has 0 radical (unpaired) electrons. The van der Waals surface area contributed by atoms with Gasteiger partial charge in [0.1, 0.15) is 0 Å². The standard InChI is InChI=1S/C18H28N2O3/c1-12(2)23-16-8-7-14(10-17(16)22-4)18(21)20-9-5-6-15(11-20)13(3)19/h7-8,10,12-13,15H,5-6,9,11,19H2,1-4H3/t13-,15-/m1/s1. The van der Waals surface area contributed by atoms with E-state index in [0.717, 1.165) is 25.9 Å². The van der Waals surface area contributed by atoms with Crippen LogP contribution in [0.4, 0.5) is 0 Å². The van der Waals surface area contributed by atoms with Gasteiger partial charge in [0.25, 0.3) is 5.91 Å². The number of rotatable bonds is 5. The smallest absolute Gasteiger partial charge is 0.254 e. The number of ether oxygens (including phenoxy) is 2. The fourth-order valence-electron chi connectivity index (χ4n) is 2.96. The van der Waals surface area contributed by atoms with Crippen LogP contribution in [-0.2, 0) is 0 Å².